The monoisotopic (exact) mass is 271 g/mol. The van der Waals surface area contributed by atoms with Gasteiger partial charge in [0.15, 0.2) is 0 Å². The number of aryl methyl sites for hydroxylation is 1. The van der Waals surface area contributed by atoms with Gasteiger partial charge in [-0.2, -0.15) is 5.26 Å². The summed E-state index contributed by atoms with van der Waals surface area (Å²) in [4.78, 5) is 8.62. The molecule has 20 heavy (non-hydrogen) atoms. The Morgan fingerprint density at radius 1 is 1.25 bits per heavy atom. The van der Waals surface area contributed by atoms with Gasteiger partial charge in [0, 0.05) is 25.2 Å². The van der Waals surface area contributed by atoms with E-state index >= 15 is 0 Å². The summed E-state index contributed by atoms with van der Waals surface area (Å²) in [7, 11) is 1.78. The van der Waals surface area contributed by atoms with Gasteiger partial charge in [-0.05, 0) is 18.2 Å². The number of nitrogens with zero attached hydrogens (tertiary/aromatic N) is 3. The summed E-state index contributed by atoms with van der Waals surface area (Å²) < 4.78 is 13.3. The van der Waals surface area contributed by atoms with Gasteiger partial charge in [-0.25, -0.2) is 14.4 Å². The fourth-order valence-electron chi connectivity index (χ4n) is 1.68. The molecule has 0 saturated heterocycles. The molecule has 0 bridgehead atoms. The molecule has 2 aromatic rings. The summed E-state index contributed by atoms with van der Waals surface area (Å²) in [5.74, 6) is 1.45. The van der Waals surface area contributed by atoms with Gasteiger partial charge in [0.05, 0.1) is 5.56 Å². The Hall–Kier alpha value is -2.68. The zero-order valence-corrected chi connectivity index (χ0v) is 11.2. The highest BCUT2D eigenvalue weighted by Gasteiger charge is 2.06. The lowest BCUT2D eigenvalue weighted by atomic mass is 10.2. The number of hydrogen-bond acceptors (Lipinski definition) is 5. The summed E-state index contributed by atoms with van der Waals surface area (Å²) in [5, 5.41) is 14.8. The molecule has 0 spiro atoms. The van der Waals surface area contributed by atoms with E-state index in [4.69, 9.17) is 5.26 Å². The highest BCUT2D eigenvalue weighted by Crippen LogP contribution is 2.20. The van der Waals surface area contributed by atoms with Crippen LogP contribution in [0.15, 0.2) is 24.3 Å². The molecule has 0 radical (unpaired) electrons. The van der Waals surface area contributed by atoms with Crippen LogP contribution in [-0.2, 0) is 6.42 Å². The second-order valence-corrected chi connectivity index (χ2v) is 4.09. The van der Waals surface area contributed by atoms with E-state index in [2.05, 4.69) is 20.6 Å². The second kappa shape index (κ2) is 5.97. The summed E-state index contributed by atoms with van der Waals surface area (Å²) in [5.41, 5.74) is 0.597. The quantitative estimate of drug-likeness (QED) is 0.894. The predicted octanol–water partition coefficient (Wildman–Crippen LogP) is 2.84. The molecule has 0 amide bonds. The van der Waals surface area contributed by atoms with Crippen molar-refractivity contribution in [1.29, 1.82) is 5.26 Å². The third kappa shape index (κ3) is 3.01. The minimum atomic E-state index is -0.536. The first kappa shape index (κ1) is 13.7. The van der Waals surface area contributed by atoms with Crippen LogP contribution in [0.3, 0.4) is 0 Å². The lowest BCUT2D eigenvalue weighted by molar-refractivity contribution is 0.624. The SMILES string of the molecule is CCc1nc(NC)cc(Nc2ccc(F)c(C#N)c2)n1. The van der Waals surface area contributed by atoms with Gasteiger partial charge in [0.25, 0.3) is 0 Å². The Kier molecular flexibility index (Phi) is 4.11. The fraction of sp³-hybridized carbons (Fsp3) is 0.214. The van der Waals surface area contributed by atoms with Gasteiger partial charge in [-0.1, -0.05) is 6.92 Å². The van der Waals surface area contributed by atoms with Gasteiger partial charge in [-0.15, -0.1) is 0 Å². The number of halogens is 1. The molecule has 6 heteroatoms. The standard InChI is InChI=1S/C14H14FN5/c1-3-12-19-13(17-2)7-14(20-12)18-10-4-5-11(15)9(6-10)8-16/h4-7H,3H2,1-2H3,(H2,17,18,19,20). The Bertz CT molecular complexity index is 641. The van der Waals surface area contributed by atoms with Crippen molar-refractivity contribution >= 4 is 17.3 Å². The van der Waals surface area contributed by atoms with Crippen LogP contribution in [0.1, 0.15) is 18.3 Å². The van der Waals surface area contributed by atoms with Crippen LogP contribution >= 0.6 is 0 Å². The number of aromatic nitrogens is 2. The molecule has 1 aromatic carbocycles. The zero-order valence-electron chi connectivity index (χ0n) is 11.2. The molecular weight excluding hydrogens is 257 g/mol. The average molecular weight is 271 g/mol. The van der Waals surface area contributed by atoms with Crippen LogP contribution < -0.4 is 10.6 Å². The van der Waals surface area contributed by atoms with Crippen LogP contribution in [0.4, 0.5) is 21.7 Å². The minimum absolute atomic E-state index is 0.00592. The highest BCUT2D eigenvalue weighted by molar-refractivity contribution is 5.61. The zero-order chi connectivity index (χ0) is 14.5. The maximum Gasteiger partial charge on any atom is 0.141 e. The van der Waals surface area contributed by atoms with E-state index in [9.17, 15) is 4.39 Å². The lowest BCUT2D eigenvalue weighted by Crippen LogP contribution is -2.03. The lowest BCUT2D eigenvalue weighted by Gasteiger charge is -2.09. The molecule has 0 saturated carbocycles. The topological polar surface area (TPSA) is 73.6 Å². The van der Waals surface area contributed by atoms with Gasteiger partial charge in [0.2, 0.25) is 0 Å². The Morgan fingerprint density at radius 3 is 2.65 bits per heavy atom. The van der Waals surface area contributed by atoms with Crippen molar-refractivity contribution in [3.05, 3.63) is 41.5 Å². The largest absolute Gasteiger partial charge is 0.373 e. The number of nitrogens with one attached hydrogen (secondary N) is 2. The molecule has 0 aliphatic rings. The van der Waals surface area contributed by atoms with Crippen LogP contribution in [0.25, 0.3) is 0 Å². The number of rotatable bonds is 4. The van der Waals surface area contributed by atoms with E-state index in [1.165, 1.54) is 12.1 Å². The summed E-state index contributed by atoms with van der Waals surface area (Å²) in [6, 6.07) is 7.81. The number of nitriles is 1. The van der Waals surface area contributed by atoms with E-state index in [-0.39, 0.29) is 5.56 Å². The Morgan fingerprint density at radius 2 is 2.00 bits per heavy atom. The maximum absolute atomic E-state index is 13.3. The van der Waals surface area contributed by atoms with Gasteiger partial charge in [0.1, 0.15) is 29.3 Å². The molecular formula is C14H14FN5. The number of benzene rings is 1. The summed E-state index contributed by atoms with van der Waals surface area (Å²) >= 11 is 0. The molecule has 1 aromatic heterocycles. The first-order chi connectivity index (χ1) is 9.66. The van der Waals surface area contributed by atoms with E-state index in [1.807, 2.05) is 6.92 Å². The molecule has 2 N–H and O–H groups in total. The van der Waals surface area contributed by atoms with Crippen molar-refractivity contribution in [2.45, 2.75) is 13.3 Å². The maximum atomic E-state index is 13.3. The second-order valence-electron chi connectivity index (χ2n) is 4.09. The van der Waals surface area contributed by atoms with Crippen molar-refractivity contribution in [3.63, 3.8) is 0 Å². The first-order valence-electron chi connectivity index (χ1n) is 6.18. The normalized spacial score (nSPS) is 9.90. The minimum Gasteiger partial charge on any atom is -0.373 e. The molecule has 0 aliphatic carbocycles. The molecule has 0 fully saturated rings. The first-order valence-corrected chi connectivity index (χ1v) is 6.18. The van der Waals surface area contributed by atoms with E-state index < -0.39 is 5.82 Å². The molecule has 0 atom stereocenters. The van der Waals surface area contributed by atoms with Gasteiger partial charge in [-0.3, -0.25) is 0 Å². The predicted molar refractivity (Wildman–Crippen MR) is 75.4 cm³/mol. The van der Waals surface area contributed by atoms with E-state index in [0.29, 0.717) is 29.6 Å². The van der Waals surface area contributed by atoms with Gasteiger partial charge < -0.3 is 10.6 Å². The van der Waals surface area contributed by atoms with Crippen molar-refractivity contribution in [3.8, 4) is 6.07 Å². The van der Waals surface area contributed by atoms with Crippen LogP contribution in [0.5, 0.6) is 0 Å². The molecule has 2 rings (SSSR count). The van der Waals surface area contributed by atoms with Crippen molar-refractivity contribution < 1.29 is 4.39 Å². The van der Waals surface area contributed by atoms with Crippen molar-refractivity contribution in [1.82, 2.24) is 9.97 Å². The molecule has 102 valence electrons. The molecule has 0 aliphatic heterocycles. The summed E-state index contributed by atoms with van der Waals surface area (Å²) in [6.45, 7) is 1.96. The van der Waals surface area contributed by atoms with Crippen molar-refractivity contribution in [2.75, 3.05) is 17.7 Å². The Labute approximate surface area is 116 Å². The van der Waals surface area contributed by atoms with E-state index in [0.717, 1.165) is 0 Å². The van der Waals surface area contributed by atoms with Crippen LogP contribution in [0.2, 0.25) is 0 Å². The third-order valence-electron chi connectivity index (χ3n) is 2.70. The van der Waals surface area contributed by atoms with Gasteiger partial charge >= 0.3 is 0 Å². The van der Waals surface area contributed by atoms with E-state index in [1.54, 1.807) is 25.2 Å². The molecule has 5 nitrogen and oxygen atoms in total. The molecule has 1 heterocycles. The van der Waals surface area contributed by atoms with Crippen molar-refractivity contribution in [2.24, 2.45) is 0 Å². The number of anilines is 3. The molecule has 0 unspecified atom stereocenters. The fourth-order valence-corrected chi connectivity index (χ4v) is 1.68. The summed E-state index contributed by atoms with van der Waals surface area (Å²) in [6.07, 6.45) is 0.705. The van der Waals surface area contributed by atoms with Crippen LogP contribution in [0, 0.1) is 17.1 Å². The third-order valence-corrected chi connectivity index (χ3v) is 2.70. The smallest absolute Gasteiger partial charge is 0.141 e. The average Bonchev–Trinajstić information content (AvgIpc) is 2.48. The highest BCUT2D eigenvalue weighted by atomic mass is 19.1. The Balaban J connectivity index is 2.32. The number of hydrogen-bond donors (Lipinski definition) is 2. The van der Waals surface area contributed by atoms with Crippen LogP contribution in [-0.4, -0.2) is 17.0 Å².